The summed E-state index contributed by atoms with van der Waals surface area (Å²) in [6.45, 7) is 8.59. The van der Waals surface area contributed by atoms with Gasteiger partial charge in [0.1, 0.15) is 0 Å². The average molecular weight is 346 g/mol. The lowest BCUT2D eigenvalue weighted by molar-refractivity contribution is -0.688. The maximum atomic E-state index is 12.3. The Bertz CT molecular complexity index is 555. The smallest absolute Gasteiger partial charge is 0.279 e. The predicted octanol–water partition coefficient (Wildman–Crippen LogP) is 1.85. The Labute approximate surface area is 151 Å². The largest absolute Gasteiger partial charge is 0.378 e. The zero-order valence-corrected chi connectivity index (χ0v) is 15.5. The van der Waals surface area contributed by atoms with Crippen LogP contribution in [0, 0.1) is 11.8 Å². The van der Waals surface area contributed by atoms with Crippen molar-refractivity contribution >= 4 is 17.3 Å². The van der Waals surface area contributed by atoms with Gasteiger partial charge in [-0.15, -0.1) is 0 Å². The lowest BCUT2D eigenvalue weighted by atomic mass is 9.78. The first-order valence-corrected chi connectivity index (χ1v) is 9.69. The Morgan fingerprint density at radius 2 is 1.92 bits per heavy atom. The van der Waals surface area contributed by atoms with Crippen LogP contribution in [0.1, 0.15) is 33.1 Å². The summed E-state index contributed by atoms with van der Waals surface area (Å²) < 4.78 is 5.39. The topological polar surface area (TPSA) is 58.2 Å². The van der Waals surface area contributed by atoms with Crippen molar-refractivity contribution in [2.24, 2.45) is 11.8 Å². The van der Waals surface area contributed by atoms with Gasteiger partial charge in [0.25, 0.3) is 5.91 Å². The molecule has 1 saturated carbocycles. The Balaban J connectivity index is 1.46. The van der Waals surface area contributed by atoms with E-state index >= 15 is 0 Å². The van der Waals surface area contributed by atoms with Crippen LogP contribution in [0.2, 0.25) is 0 Å². The fraction of sp³-hybridized carbons (Fsp3) is 0.650. The summed E-state index contributed by atoms with van der Waals surface area (Å²) in [6, 6.07) is 8.73. The quantitative estimate of drug-likeness (QED) is 0.855. The summed E-state index contributed by atoms with van der Waals surface area (Å²) in [5, 5.41) is 5.26. The first kappa shape index (κ1) is 18.2. The number of benzene rings is 1. The molecule has 0 aromatic heterocycles. The summed E-state index contributed by atoms with van der Waals surface area (Å²) in [4.78, 5) is 14.6. The van der Waals surface area contributed by atoms with Gasteiger partial charge in [0, 0.05) is 30.4 Å². The highest BCUT2D eigenvalue weighted by atomic mass is 16.5. The van der Waals surface area contributed by atoms with Crippen LogP contribution in [-0.4, -0.2) is 44.8 Å². The van der Waals surface area contributed by atoms with E-state index in [1.54, 1.807) is 0 Å². The van der Waals surface area contributed by atoms with Crippen LogP contribution in [0.3, 0.4) is 0 Å². The number of hydrogen-bond acceptors (Lipinski definition) is 3. The number of nitrogens with two attached hydrogens (primary N) is 1. The third-order valence-electron chi connectivity index (χ3n) is 5.90. The molecule has 1 aliphatic carbocycles. The van der Waals surface area contributed by atoms with Gasteiger partial charge in [-0.25, -0.2) is 0 Å². The first-order chi connectivity index (χ1) is 12.1. The molecule has 0 radical (unpaired) electrons. The van der Waals surface area contributed by atoms with Crippen molar-refractivity contribution in [1.29, 1.82) is 0 Å². The van der Waals surface area contributed by atoms with E-state index in [1.165, 1.54) is 24.9 Å². The van der Waals surface area contributed by atoms with Gasteiger partial charge in [0.15, 0.2) is 6.54 Å². The molecular weight excluding hydrogens is 314 g/mol. The number of carbonyl (C=O) groups excluding carboxylic acids is 1. The summed E-state index contributed by atoms with van der Waals surface area (Å²) in [6.07, 6.45) is 3.84. The highest BCUT2D eigenvalue weighted by molar-refractivity contribution is 5.91. The third kappa shape index (κ3) is 4.95. The number of amides is 1. The molecule has 2 fully saturated rings. The molecule has 1 aromatic carbocycles. The van der Waals surface area contributed by atoms with Gasteiger partial charge in [-0.1, -0.05) is 13.8 Å². The summed E-state index contributed by atoms with van der Waals surface area (Å²) in [5.74, 6) is 1.55. The molecule has 1 aliphatic heterocycles. The van der Waals surface area contributed by atoms with Crippen molar-refractivity contribution in [3.63, 3.8) is 0 Å². The number of hydrogen-bond donors (Lipinski definition) is 2. The minimum Gasteiger partial charge on any atom is -0.378 e. The van der Waals surface area contributed by atoms with Crippen LogP contribution >= 0.6 is 0 Å². The molecule has 0 spiro atoms. The zero-order valence-electron chi connectivity index (χ0n) is 15.5. The van der Waals surface area contributed by atoms with Crippen LogP contribution in [0.15, 0.2) is 24.3 Å². The fourth-order valence-electron chi connectivity index (χ4n) is 4.00. The van der Waals surface area contributed by atoms with Gasteiger partial charge in [0.2, 0.25) is 0 Å². The van der Waals surface area contributed by atoms with E-state index in [0.29, 0.717) is 18.5 Å². The second kappa shape index (κ2) is 8.68. The van der Waals surface area contributed by atoms with Crippen molar-refractivity contribution < 1.29 is 14.8 Å². The highest BCUT2D eigenvalue weighted by Crippen LogP contribution is 2.27. The standard InChI is InChI=1S/C20H31N3O2/c1-15-4-3-5-19(16(15)2)21-14-20(24)22-17-6-8-18(9-7-17)23-10-12-25-13-11-23/h6-9,15-16,19,21H,3-5,10-14H2,1-2H3,(H,22,24)/p+1/t15-,16+,19-/m0/s1. The molecule has 25 heavy (non-hydrogen) atoms. The number of quaternary nitrogens is 1. The highest BCUT2D eigenvalue weighted by Gasteiger charge is 2.29. The third-order valence-corrected chi connectivity index (χ3v) is 5.90. The van der Waals surface area contributed by atoms with Gasteiger partial charge in [-0.05, 0) is 49.4 Å². The molecule has 1 aromatic rings. The number of morpholine rings is 1. The van der Waals surface area contributed by atoms with Gasteiger partial charge >= 0.3 is 0 Å². The van der Waals surface area contributed by atoms with E-state index in [2.05, 4.69) is 41.5 Å². The lowest BCUT2D eigenvalue weighted by Gasteiger charge is -2.31. The number of anilines is 2. The van der Waals surface area contributed by atoms with Crippen molar-refractivity contribution in [3.05, 3.63) is 24.3 Å². The predicted molar refractivity (Wildman–Crippen MR) is 101 cm³/mol. The number of nitrogens with zero attached hydrogens (tertiary/aromatic N) is 1. The molecule has 3 N–H and O–H groups in total. The number of rotatable bonds is 5. The van der Waals surface area contributed by atoms with E-state index in [-0.39, 0.29) is 5.91 Å². The van der Waals surface area contributed by atoms with Crippen molar-refractivity contribution in [3.8, 4) is 0 Å². The van der Waals surface area contributed by atoms with Crippen LogP contribution in [-0.2, 0) is 9.53 Å². The molecule has 5 heteroatoms. The number of carbonyl (C=O) groups is 1. The first-order valence-electron chi connectivity index (χ1n) is 9.69. The molecule has 0 unspecified atom stereocenters. The van der Waals surface area contributed by atoms with Gasteiger partial charge < -0.3 is 20.3 Å². The molecule has 3 atom stereocenters. The van der Waals surface area contributed by atoms with Crippen LogP contribution in [0.5, 0.6) is 0 Å². The van der Waals surface area contributed by atoms with Crippen molar-refractivity contribution in [2.75, 3.05) is 43.1 Å². The second-order valence-corrected chi connectivity index (χ2v) is 7.57. The van der Waals surface area contributed by atoms with Gasteiger partial charge in [-0.2, -0.15) is 0 Å². The molecule has 1 amide bonds. The molecule has 0 bridgehead atoms. The monoisotopic (exact) mass is 346 g/mol. The van der Waals surface area contributed by atoms with Crippen molar-refractivity contribution in [1.82, 2.24) is 0 Å². The SMILES string of the molecule is C[C@H]1[C@@H]([NH2+]CC(=O)Nc2ccc(N3CCOCC3)cc2)CCC[C@@H]1C. The zero-order chi connectivity index (χ0) is 17.6. The minimum atomic E-state index is 0.0875. The molecule has 2 aliphatic rings. The summed E-state index contributed by atoms with van der Waals surface area (Å²) in [7, 11) is 0. The molecular formula is C20H32N3O2+. The Morgan fingerprint density at radius 1 is 1.20 bits per heavy atom. The second-order valence-electron chi connectivity index (χ2n) is 7.57. The van der Waals surface area contributed by atoms with E-state index in [4.69, 9.17) is 4.74 Å². The normalized spacial score (nSPS) is 27.1. The van der Waals surface area contributed by atoms with Crippen LogP contribution in [0.25, 0.3) is 0 Å². The average Bonchev–Trinajstić information content (AvgIpc) is 2.64. The van der Waals surface area contributed by atoms with Crippen LogP contribution < -0.4 is 15.5 Å². The van der Waals surface area contributed by atoms with Crippen molar-refractivity contribution in [2.45, 2.75) is 39.2 Å². The molecule has 1 saturated heterocycles. The number of ether oxygens (including phenoxy) is 1. The minimum absolute atomic E-state index is 0.0875. The van der Waals surface area contributed by atoms with E-state index in [0.717, 1.165) is 37.9 Å². The van der Waals surface area contributed by atoms with E-state index < -0.39 is 0 Å². The fourth-order valence-corrected chi connectivity index (χ4v) is 4.00. The Hall–Kier alpha value is -1.59. The maximum absolute atomic E-state index is 12.3. The van der Waals surface area contributed by atoms with Gasteiger partial charge in [-0.3, -0.25) is 4.79 Å². The van der Waals surface area contributed by atoms with E-state index in [1.807, 2.05) is 12.1 Å². The molecule has 1 heterocycles. The molecule has 3 rings (SSSR count). The van der Waals surface area contributed by atoms with Gasteiger partial charge in [0.05, 0.1) is 19.3 Å². The number of nitrogens with one attached hydrogen (secondary N) is 1. The Kier molecular flexibility index (Phi) is 6.32. The summed E-state index contributed by atoms with van der Waals surface area (Å²) in [5.41, 5.74) is 2.07. The Morgan fingerprint density at radius 3 is 2.64 bits per heavy atom. The van der Waals surface area contributed by atoms with Crippen LogP contribution in [0.4, 0.5) is 11.4 Å². The van der Waals surface area contributed by atoms with E-state index in [9.17, 15) is 4.79 Å². The molecule has 5 nitrogen and oxygen atoms in total. The summed E-state index contributed by atoms with van der Waals surface area (Å²) >= 11 is 0. The lowest BCUT2D eigenvalue weighted by Crippen LogP contribution is -2.93. The maximum Gasteiger partial charge on any atom is 0.279 e. The molecule has 138 valence electrons.